The van der Waals surface area contributed by atoms with Gasteiger partial charge in [0.05, 0.1) is 17.7 Å². The van der Waals surface area contributed by atoms with Crippen LogP contribution in [0.4, 0.5) is 4.39 Å². The van der Waals surface area contributed by atoms with Gasteiger partial charge in [-0.25, -0.2) is 4.39 Å². The Bertz CT molecular complexity index is 370. The summed E-state index contributed by atoms with van der Waals surface area (Å²) in [6.45, 7) is 4.84. The fourth-order valence-electron chi connectivity index (χ4n) is 1.70. The monoisotopic (exact) mass is 303 g/mol. The summed E-state index contributed by atoms with van der Waals surface area (Å²) in [6, 6.07) is 4.45. The van der Waals surface area contributed by atoms with Crippen LogP contribution in [0.5, 0.6) is 5.75 Å². The lowest BCUT2D eigenvalue weighted by Gasteiger charge is -2.26. The molecule has 17 heavy (non-hydrogen) atoms. The molecule has 5 heteroatoms. The third-order valence-electron chi connectivity index (χ3n) is 2.66. The Morgan fingerprint density at radius 3 is 2.88 bits per heavy atom. The van der Waals surface area contributed by atoms with Gasteiger partial charge in [-0.3, -0.25) is 4.90 Å². The summed E-state index contributed by atoms with van der Waals surface area (Å²) in [7, 11) is 0. The van der Waals surface area contributed by atoms with E-state index in [0.29, 0.717) is 12.4 Å². The highest BCUT2D eigenvalue weighted by Gasteiger charge is 2.10. The normalized spacial score (nSPS) is 17.1. The van der Waals surface area contributed by atoms with Crippen LogP contribution in [0.25, 0.3) is 0 Å². The van der Waals surface area contributed by atoms with Crippen molar-refractivity contribution in [3.8, 4) is 5.75 Å². The van der Waals surface area contributed by atoms with Crippen molar-refractivity contribution in [1.29, 1.82) is 0 Å². The number of rotatable bonds is 4. The molecular formula is C12H15BrFNO2. The van der Waals surface area contributed by atoms with Crippen molar-refractivity contribution in [1.82, 2.24) is 4.90 Å². The molecule has 0 aromatic heterocycles. The van der Waals surface area contributed by atoms with E-state index in [9.17, 15) is 4.39 Å². The van der Waals surface area contributed by atoms with Crippen molar-refractivity contribution in [3.63, 3.8) is 0 Å². The minimum Gasteiger partial charge on any atom is -0.491 e. The van der Waals surface area contributed by atoms with Gasteiger partial charge >= 0.3 is 0 Å². The third kappa shape index (κ3) is 3.94. The highest BCUT2D eigenvalue weighted by Crippen LogP contribution is 2.25. The molecular weight excluding hydrogens is 289 g/mol. The second-order valence-corrected chi connectivity index (χ2v) is 4.73. The van der Waals surface area contributed by atoms with Crippen molar-refractivity contribution in [2.45, 2.75) is 0 Å². The quantitative estimate of drug-likeness (QED) is 0.852. The lowest BCUT2D eigenvalue weighted by molar-refractivity contribution is 0.0322. The lowest BCUT2D eigenvalue weighted by Crippen LogP contribution is -2.38. The zero-order valence-corrected chi connectivity index (χ0v) is 11.1. The van der Waals surface area contributed by atoms with Crippen LogP contribution in [-0.2, 0) is 4.74 Å². The SMILES string of the molecule is Fc1ccc(Br)c(OCCN2CCOCC2)c1. The Morgan fingerprint density at radius 1 is 1.35 bits per heavy atom. The molecule has 1 aromatic rings. The van der Waals surface area contributed by atoms with Crippen molar-refractivity contribution < 1.29 is 13.9 Å². The van der Waals surface area contributed by atoms with Crippen LogP contribution in [0, 0.1) is 5.82 Å². The first-order valence-corrected chi connectivity index (χ1v) is 6.43. The van der Waals surface area contributed by atoms with E-state index in [0.717, 1.165) is 37.3 Å². The average molecular weight is 304 g/mol. The van der Waals surface area contributed by atoms with Gasteiger partial charge in [-0.2, -0.15) is 0 Å². The van der Waals surface area contributed by atoms with Crippen molar-refractivity contribution in [3.05, 3.63) is 28.5 Å². The molecule has 1 aromatic carbocycles. The highest BCUT2D eigenvalue weighted by atomic mass is 79.9. The number of hydrogen-bond acceptors (Lipinski definition) is 3. The maximum atomic E-state index is 13.0. The lowest BCUT2D eigenvalue weighted by atomic mass is 10.3. The molecule has 0 unspecified atom stereocenters. The van der Waals surface area contributed by atoms with Gasteiger partial charge in [0.25, 0.3) is 0 Å². The second kappa shape index (κ2) is 6.33. The molecule has 2 rings (SSSR count). The first kappa shape index (κ1) is 12.8. The van der Waals surface area contributed by atoms with E-state index in [4.69, 9.17) is 9.47 Å². The maximum absolute atomic E-state index is 13.0. The molecule has 0 spiro atoms. The minimum atomic E-state index is -0.283. The van der Waals surface area contributed by atoms with Gasteiger partial charge in [0.15, 0.2) is 0 Å². The molecule has 0 amide bonds. The maximum Gasteiger partial charge on any atom is 0.136 e. The number of ether oxygens (including phenoxy) is 2. The molecule has 94 valence electrons. The molecule has 1 fully saturated rings. The van der Waals surface area contributed by atoms with Gasteiger partial charge in [-0.05, 0) is 28.1 Å². The molecule has 1 aliphatic rings. The minimum absolute atomic E-state index is 0.283. The predicted molar refractivity (Wildman–Crippen MR) is 66.9 cm³/mol. The van der Waals surface area contributed by atoms with E-state index in [-0.39, 0.29) is 5.82 Å². The second-order valence-electron chi connectivity index (χ2n) is 3.88. The van der Waals surface area contributed by atoms with Crippen molar-refractivity contribution in [2.75, 3.05) is 39.5 Å². The van der Waals surface area contributed by atoms with E-state index in [2.05, 4.69) is 20.8 Å². The van der Waals surface area contributed by atoms with E-state index >= 15 is 0 Å². The first-order chi connectivity index (χ1) is 8.25. The van der Waals surface area contributed by atoms with Crippen LogP contribution < -0.4 is 4.74 Å². The van der Waals surface area contributed by atoms with E-state index in [1.165, 1.54) is 12.1 Å². The highest BCUT2D eigenvalue weighted by molar-refractivity contribution is 9.10. The fourth-order valence-corrected chi connectivity index (χ4v) is 2.06. The molecule has 0 radical (unpaired) electrons. The zero-order valence-electron chi connectivity index (χ0n) is 9.49. The predicted octanol–water partition coefficient (Wildman–Crippen LogP) is 2.30. The molecule has 0 N–H and O–H groups in total. The summed E-state index contributed by atoms with van der Waals surface area (Å²) >= 11 is 3.33. The van der Waals surface area contributed by atoms with Gasteiger partial charge in [0.2, 0.25) is 0 Å². The number of hydrogen-bond donors (Lipinski definition) is 0. The molecule has 1 aliphatic heterocycles. The van der Waals surface area contributed by atoms with E-state index < -0.39 is 0 Å². The molecule has 0 aliphatic carbocycles. The Kier molecular flexibility index (Phi) is 4.76. The topological polar surface area (TPSA) is 21.7 Å². The Hall–Kier alpha value is -0.650. The number of nitrogens with zero attached hydrogens (tertiary/aromatic N) is 1. The van der Waals surface area contributed by atoms with Gasteiger partial charge in [-0.15, -0.1) is 0 Å². The largest absolute Gasteiger partial charge is 0.491 e. The summed E-state index contributed by atoms with van der Waals surface area (Å²) < 4.78 is 24.6. The van der Waals surface area contributed by atoms with Gasteiger partial charge in [0, 0.05) is 25.7 Å². The zero-order chi connectivity index (χ0) is 12.1. The van der Waals surface area contributed by atoms with Crippen LogP contribution in [0.2, 0.25) is 0 Å². The van der Waals surface area contributed by atoms with Gasteiger partial charge in [0.1, 0.15) is 18.2 Å². The summed E-state index contributed by atoms with van der Waals surface area (Å²) in [6.07, 6.45) is 0. The van der Waals surface area contributed by atoms with Crippen molar-refractivity contribution >= 4 is 15.9 Å². The summed E-state index contributed by atoms with van der Waals surface area (Å²) in [4.78, 5) is 2.27. The number of benzene rings is 1. The van der Waals surface area contributed by atoms with Gasteiger partial charge in [-0.1, -0.05) is 0 Å². The van der Waals surface area contributed by atoms with Gasteiger partial charge < -0.3 is 9.47 Å². The molecule has 1 saturated heterocycles. The van der Waals surface area contributed by atoms with E-state index in [1.54, 1.807) is 6.07 Å². The summed E-state index contributed by atoms with van der Waals surface area (Å²) in [5.41, 5.74) is 0. The fraction of sp³-hybridized carbons (Fsp3) is 0.500. The summed E-state index contributed by atoms with van der Waals surface area (Å²) in [5, 5.41) is 0. The van der Waals surface area contributed by atoms with Crippen LogP contribution in [0.3, 0.4) is 0 Å². The summed E-state index contributed by atoms with van der Waals surface area (Å²) in [5.74, 6) is 0.271. The number of halogens is 2. The molecule has 1 heterocycles. The molecule has 0 saturated carbocycles. The third-order valence-corrected chi connectivity index (χ3v) is 3.32. The van der Waals surface area contributed by atoms with Crippen LogP contribution >= 0.6 is 15.9 Å². The van der Waals surface area contributed by atoms with Crippen LogP contribution in [0.15, 0.2) is 22.7 Å². The molecule has 0 bridgehead atoms. The Morgan fingerprint density at radius 2 is 2.12 bits per heavy atom. The Labute approximate surface area is 109 Å². The first-order valence-electron chi connectivity index (χ1n) is 5.63. The Balaban J connectivity index is 1.79. The number of morpholine rings is 1. The van der Waals surface area contributed by atoms with Crippen LogP contribution in [0.1, 0.15) is 0 Å². The molecule has 3 nitrogen and oxygen atoms in total. The van der Waals surface area contributed by atoms with Crippen molar-refractivity contribution in [2.24, 2.45) is 0 Å². The van der Waals surface area contributed by atoms with Crippen LogP contribution in [-0.4, -0.2) is 44.4 Å². The average Bonchev–Trinajstić information content (AvgIpc) is 2.35. The molecule has 0 atom stereocenters. The standard InChI is InChI=1S/C12H15BrFNO2/c13-11-2-1-10(14)9-12(11)17-8-5-15-3-6-16-7-4-15/h1-2,9H,3-8H2. The van der Waals surface area contributed by atoms with E-state index in [1.807, 2.05) is 0 Å². The smallest absolute Gasteiger partial charge is 0.136 e.